The number of carbonyl (C=O) groups is 2. The van der Waals surface area contributed by atoms with Crippen molar-refractivity contribution in [1.29, 1.82) is 0 Å². The van der Waals surface area contributed by atoms with Crippen LogP contribution in [0.4, 0.5) is 23.2 Å². The molecule has 0 aliphatic heterocycles. The molecule has 0 aliphatic rings. The largest absolute Gasteiger partial charge is 0.462 e. The van der Waals surface area contributed by atoms with E-state index in [1.54, 1.807) is 0 Å². The molecule has 156 valence electrons. The lowest BCUT2D eigenvalue weighted by atomic mass is 10.1. The fourth-order valence-electron chi connectivity index (χ4n) is 2.83. The maximum absolute atomic E-state index is 14.6. The summed E-state index contributed by atoms with van der Waals surface area (Å²) in [5, 5.41) is 0.597. The molecule has 1 N–H and O–H groups in total. The van der Waals surface area contributed by atoms with Crippen LogP contribution in [0, 0.1) is 23.3 Å². The highest BCUT2D eigenvalue weighted by atomic mass is 35.5. The van der Waals surface area contributed by atoms with E-state index in [4.69, 9.17) is 16.3 Å². The fraction of sp³-hybridized carbons (Fsp3) is 0.105. The van der Waals surface area contributed by atoms with Gasteiger partial charge in [0.05, 0.1) is 28.9 Å². The van der Waals surface area contributed by atoms with Crippen LogP contribution in [0.2, 0.25) is 5.02 Å². The number of esters is 1. The number of nitrogens with zero attached hydrogens (tertiary/aromatic N) is 1. The molecular formula is C19H11ClF4N2O4. The van der Waals surface area contributed by atoms with Crippen LogP contribution < -0.4 is 10.7 Å². The minimum absolute atomic E-state index is 0.104. The number of amides is 1. The number of hydrogen-bond acceptors (Lipinski definition) is 4. The lowest BCUT2D eigenvalue weighted by Crippen LogP contribution is -2.21. The van der Waals surface area contributed by atoms with Gasteiger partial charge in [-0.05, 0) is 19.1 Å². The normalized spacial score (nSPS) is 10.9. The molecule has 0 spiro atoms. The van der Waals surface area contributed by atoms with Crippen molar-refractivity contribution < 1.29 is 31.9 Å². The first-order chi connectivity index (χ1) is 14.2. The minimum Gasteiger partial charge on any atom is -0.462 e. The molecule has 3 rings (SSSR count). The van der Waals surface area contributed by atoms with Gasteiger partial charge in [-0.2, -0.15) is 0 Å². The van der Waals surface area contributed by atoms with Gasteiger partial charge in [-0.15, -0.1) is 0 Å². The molecule has 0 fully saturated rings. The lowest BCUT2D eigenvalue weighted by molar-refractivity contribution is -0.105. The Morgan fingerprint density at radius 1 is 1.17 bits per heavy atom. The Balaban J connectivity index is 2.50. The van der Waals surface area contributed by atoms with E-state index >= 15 is 0 Å². The van der Waals surface area contributed by atoms with E-state index in [0.29, 0.717) is 12.1 Å². The molecule has 11 heteroatoms. The van der Waals surface area contributed by atoms with E-state index < -0.39 is 67.5 Å². The van der Waals surface area contributed by atoms with Crippen molar-refractivity contribution >= 4 is 40.6 Å². The molecule has 0 bridgehead atoms. The molecule has 1 amide bonds. The van der Waals surface area contributed by atoms with Gasteiger partial charge in [0.15, 0.2) is 11.6 Å². The van der Waals surface area contributed by atoms with Gasteiger partial charge in [0.25, 0.3) is 0 Å². The molecule has 0 saturated carbocycles. The van der Waals surface area contributed by atoms with Crippen LogP contribution in [-0.2, 0) is 9.53 Å². The van der Waals surface area contributed by atoms with Gasteiger partial charge < -0.3 is 14.6 Å². The van der Waals surface area contributed by atoms with Crippen LogP contribution in [0.5, 0.6) is 0 Å². The number of nitrogens with one attached hydrogen (secondary N) is 1. The fourth-order valence-corrected chi connectivity index (χ4v) is 3.12. The summed E-state index contributed by atoms with van der Waals surface area (Å²) in [4.78, 5) is 35.5. The van der Waals surface area contributed by atoms with E-state index in [9.17, 15) is 31.9 Å². The number of rotatable bonds is 5. The van der Waals surface area contributed by atoms with Crippen LogP contribution >= 0.6 is 11.6 Å². The smallest absolute Gasteiger partial charge is 0.343 e. The summed E-state index contributed by atoms with van der Waals surface area (Å²) in [6.45, 7) is 1.37. The first-order valence-electron chi connectivity index (χ1n) is 8.30. The van der Waals surface area contributed by atoms with Gasteiger partial charge >= 0.3 is 5.97 Å². The van der Waals surface area contributed by atoms with Crippen LogP contribution in [0.1, 0.15) is 17.3 Å². The summed E-state index contributed by atoms with van der Waals surface area (Å²) in [5.41, 5.74) is -3.10. The number of benzene rings is 2. The van der Waals surface area contributed by atoms with Crippen LogP contribution in [-0.4, -0.2) is 23.6 Å². The first kappa shape index (κ1) is 21.3. The van der Waals surface area contributed by atoms with Gasteiger partial charge in [0.2, 0.25) is 11.8 Å². The molecule has 1 aromatic heterocycles. The maximum Gasteiger partial charge on any atom is 0.343 e. The van der Waals surface area contributed by atoms with Crippen molar-refractivity contribution in [2.45, 2.75) is 6.92 Å². The van der Waals surface area contributed by atoms with Gasteiger partial charge in [0, 0.05) is 12.3 Å². The molecule has 1 heterocycles. The molecule has 0 atom stereocenters. The van der Waals surface area contributed by atoms with Crippen molar-refractivity contribution in [1.82, 2.24) is 4.57 Å². The van der Waals surface area contributed by atoms with Crippen molar-refractivity contribution in [3.8, 4) is 5.69 Å². The number of anilines is 1. The predicted molar refractivity (Wildman–Crippen MR) is 100 cm³/mol. The SMILES string of the molecule is CCOC(=O)c1cn(-c2cc(NC=O)c(F)cc2F)c2c(Cl)c(F)c(F)cc2c1=O. The third-order valence-electron chi connectivity index (χ3n) is 4.13. The molecule has 30 heavy (non-hydrogen) atoms. The number of pyridine rings is 1. The molecule has 0 aliphatic carbocycles. The summed E-state index contributed by atoms with van der Waals surface area (Å²) in [7, 11) is 0. The topological polar surface area (TPSA) is 77.4 Å². The number of aromatic nitrogens is 1. The average Bonchev–Trinajstić information content (AvgIpc) is 2.69. The second-order valence-electron chi connectivity index (χ2n) is 5.89. The maximum atomic E-state index is 14.6. The van der Waals surface area contributed by atoms with Crippen LogP contribution in [0.25, 0.3) is 16.6 Å². The third kappa shape index (κ3) is 3.50. The van der Waals surface area contributed by atoms with Gasteiger partial charge in [0.1, 0.15) is 22.2 Å². The molecule has 3 aromatic rings. The lowest BCUT2D eigenvalue weighted by Gasteiger charge is -2.17. The van der Waals surface area contributed by atoms with Crippen molar-refractivity contribution in [2.24, 2.45) is 0 Å². The monoisotopic (exact) mass is 442 g/mol. The van der Waals surface area contributed by atoms with E-state index in [1.165, 1.54) is 6.92 Å². The zero-order valence-electron chi connectivity index (χ0n) is 15.1. The number of ether oxygens (including phenoxy) is 1. The first-order valence-corrected chi connectivity index (χ1v) is 8.68. The number of carbonyl (C=O) groups excluding carboxylic acids is 2. The summed E-state index contributed by atoms with van der Waals surface area (Å²) < 4.78 is 62.0. The van der Waals surface area contributed by atoms with Crippen molar-refractivity contribution in [3.63, 3.8) is 0 Å². The highest BCUT2D eigenvalue weighted by Gasteiger charge is 2.24. The number of fused-ring (bicyclic) bond motifs is 1. The van der Waals surface area contributed by atoms with E-state index in [0.717, 1.165) is 16.8 Å². The van der Waals surface area contributed by atoms with Crippen molar-refractivity contribution in [2.75, 3.05) is 11.9 Å². The zero-order chi connectivity index (χ0) is 22.2. The Morgan fingerprint density at radius 2 is 1.87 bits per heavy atom. The molecular weight excluding hydrogens is 432 g/mol. The second kappa shape index (κ2) is 8.15. The Labute approximate surface area is 170 Å². The molecule has 0 radical (unpaired) electrons. The van der Waals surface area contributed by atoms with Gasteiger partial charge in [-0.25, -0.2) is 22.4 Å². The Bertz CT molecular complexity index is 1260. The zero-order valence-corrected chi connectivity index (χ0v) is 15.8. The summed E-state index contributed by atoms with van der Waals surface area (Å²) in [5.74, 6) is -6.42. The Kier molecular flexibility index (Phi) is 5.79. The molecule has 0 unspecified atom stereocenters. The highest BCUT2D eigenvalue weighted by Crippen LogP contribution is 2.31. The van der Waals surface area contributed by atoms with Crippen molar-refractivity contribution in [3.05, 3.63) is 68.5 Å². The summed E-state index contributed by atoms with van der Waals surface area (Å²) in [6.07, 6.45) is 0.947. The Hall–Kier alpha value is -3.40. The van der Waals surface area contributed by atoms with E-state index in [2.05, 4.69) is 0 Å². The second-order valence-corrected chi connectivity index (χ2v) is 6.27. The van der Waals surface area contributed by atoms with Crippen LogP contribution in [0.3, 0.4) is 0 Å². The predicted octanol–water partition coefficient (Wildman–Crippen LogP) is 3.95. The summed E-state index contributed by atoms with van der Waals surface area (Å²) >= 11 is 5.88. The standard InChI is InChI=1S/C19H11ClF4N2O4/c1-2-30-19(29)9-6-26(14-5-13(25-7-27)10(21)4-11(14)22)17-8(18(9)28)3-12(23)16(24)15(17)20/h3-7H,2H2,1H3,(H,25,27). The van der Waals surface area contributed by atoms with Crippen LogP contribution in [0.15, 0.2) is 29.2 Å². The third-order valence-corrected chi connectivity index (χ3v) is 4.48. The van der Waals surface area contributed by atoms with Gasteiger partial charge in [-0.3, -0.25) is 9.59 Å². The molecule has 0 saturated heterocycles. The minimum atomic E-state index is -1.52. The number of hydrogen-bond donors (Lipinski definition) is 1. The average molecular weight is 443 g/mol. The quantitative estimate of drug-likeness (QED) is 0.281. The van der Waals surface area contributed by atoms with Gasteiger partial charge in [-0.1, -0.05) is 11.6 Å². The summed E-state index contributed by atoms with van der Waals surface area (Å²) in [6, 6.07) is 1.75. The number of halogens is 5. The van der Waals surface area contributed by atoms with E-state index in [-0.39, 0.29) is 13.0 Å². The van der Waals surface area contributed by atoms with E-state index in [1.807, 2.05) is 5.32 Å². The highest BCUT2D eigenvalue weighted by molar-refractivity contribution is 6.35. The molecule has 6 nitrogen and oxygen atoms in total. The Morgan fingerprint density at radius 3 is 2.50 bits per heavy atom. The molecule has 2 aromatic carbocycles.